The lowest BCUT2D eigenvalue weighted by Crippen LogP contribution is -2.54. The molecule has 1 aromatic heterocycles. The third kappa shape index (κ3) is 3.99. The van der Waals surface area contributed by atoms with Crippen LogP contribution in [0.3, 0.4) is 0 Å². The Morgan fingerprint density at radius 1 is 1.12 bits per heavy atom. The first-order valence-electron chi connectivity index (χ1n) is 8.97. The summed E-state index contributed by atoms with van der Waals surface area (Å²) < 4.78 is 93.2. The first-order chi connectivity index (χ1) is 14.8. The zero-order chi connectivity index (χ0) is 23.9. The molecule has 0 atom stereocenters. The SMILES string of the molecule is CC(=O)N1C(=O)N(NCc2cc[14cH]n[14cH]2)Cc2cc(C(F)(C(F)(F)F)C(F)(F)F)ccc21. The molecule has 0 aliphatic carbocycles. The number of hydrogen-bond acceptors (Lipinski definition) is 4. The molecule has 1 N–H and O–H groups in total. The van der Waals surface area contributed by atoms with Gasteiger partial charge in [0.05, 0.1) is 12.2 Å². The molecule has 0 spiro atoms. The monoisotopic (exact) mass is 468 g/mol. The van der Waals surface area contributed by atoms with Crippen molar-refractivity contribution >= 4 is 17.6 Å². The summed E-state index contributed by atoms with van der Waals surface area (Å²) in [6, 6.07) is 3.66. The highest BCUT2D eigenvalue weighted by Gasteiger charge is 2.73. The summed E-state index contributed by atoms with van der Waals surface area (Å²) >= 11 is 0. The number of carbonyl (C=O) groups excluding carboxylic acids is 2. The number of carbonyl (C=O) groups is 2. The van der Waals surface area contributed by atoms with Gasteiger partial charge in [-0.25, -0.2) is 19.5 Å². The molecule has 13 heteroatoms. The fourth-order valence-electron chi connectivity index (χ4n) is 3.21. The van der Waals surface area contributed by atoms with Crippen molar-refractivity contribution in [1.82, 2.24) is 15.4 Å². The van der Waals surface area contributed by atoms with Gasteiger partial charge in [0.15, 0.2) is 0 Å². The number of urea groups is 1. The van der Waals surface area contributed by atoms with Crippen molar-refractivity contribution in [3.63, 3.8) is 0 Å². The number of anilines is 1. The molecule has 0 bridgehead atoms. The second kappa shape index (κ2) is 8.04. The molecule has 0 saturated heterocycles. The van der Waals surface area contributed by atoms with Crippen LogP contribution in [0, 0.1) is 0 Å². The second-order valence-electron chi connectivity index (χ2n) is 6.92. The molecule has 172 valence electrons. The van der Waals surface area contributed by atoms with Gasteiger partial charge in [0.25, 0.3) is 0 Å². The molecule has 0 saturated carbocycles. The molecule has 1 aliphatic rings. The highest BCUT2D eigenvalue weighted by Crippen LogP contribution is 2.53. The zero-order valence-electron chi connectivity index (χ0n) is 16.3. The minimum absolute atomic E-state index is 0.0124. The van der Waals surface area contributed by atoms with E-state index in [-0.39, 0.29) is 23.9 Å². The Kier molecular flexibility index (Phi) is 5.89. The van der Waals surface area contributed by atoms with Crippen molar-refractivity contribution in [3.8, 4) is 0 Å². The summed E-state index contributed by atoms with van der Waals surface area (Å²) in [5, 5.41) is 0.835. The van der Waals surface area contributed by atoms with Crippen molar-refractivity contribution in [2.75, 3.05) is 4.90 Å². The summed E-state index contributed by atoms with van der Waals surface area (Å²) in [5.41, 5.74) is -4.62. The standard InChI is InChI=1S/C19H15F7N4O2/c1-11(31)30-15-5-4-14(17(20,18(21,22)23)19(24,25)26)7-13(15)10-29(16(30)32)28-9-12-3-2-6-27-8-12/h2-8,28H,9-10H2,1H3/i6+2,8+2. The topological polar surface area (TPSA) is 65.5 Å². The van der Waals surface area contributed by atoms with Gasteiger partial charge in [-0.05, 0) is 29.3 Å². The number of nitrogens with one attached hydrogen (secondary N) is 1. The smallest absolute Gasteiger partial charge is 0.274 e. The average Bonchev–Trinajstić information content (AvgIpc) is 2.70. The average molecular weight is 468 g/mol. The third-order valence-corrected chi connectivity index (χ3v) is 4.76. The molecule has 2 aromatic rings. The summed E-state index contributed by atoms with van der Waals surface area (Å²) in [5.74, 6) is -0.838. The number of alkyl halides is 7. The van der Waals surface area contributed by atoms with Gasteiger partial charge in [-0.15, -0.1) is 0 Å². The van der Waals surface area contributed by atoms with Gasteiger partial charge >= 0.3 is 24.1 Å². The fourth-order valence-corrected chi connectivity index (χ4v) is 3.21. The van der Waals surface area contributed by atoms with E-state index in [0.29, 0.717) is 22.6 Å². The zero-order valence-corrected chi connectivity index (χ0v) is 16.3. The van der Waals surface area contributed by atoms with Gasteiger partial charge in [0.2, 0.25) is 5.91 Å². The number of aromatic nitrogens is 1. The lowest BCUT2D eigenvalue weighted by Gasteiger charge is -2.37. The van der Waals surface area contributed by atoms with Crippen LogP contribution >= 0.6 is 0 Å². The lowest BCUT2D eigenvalue weighted by molar-refractivity contribution is -0.348. The number of hydrogen-bond donors (Lipinski definition) is 1. The maximum absolute atomic E-state index is 14.5. The second-order valence-corrected chi connectivity index (χ2v) is 6.92. The van der Waals surface area contributed by atoms with Gasteiger partial charge in [0.1, 0.15) is 0 Å². The van der Waals surface area contributed by atoms with Gasteiger partial charge in [-0.3, -0.25) is 14.8 Å². The number of pyridine rings is 1. The fraction of sp³-hybridized carbons (Fsp3) is 0.316. The molecule has 32 heavy (non-hydrogen) atoms. The maximum atomic E-state index is 14.5. The number of imide groups is 1. The van der Waals surface area contributed by atoms with Gasteiger partial charge in [-0.1, -0.05) is 12.1 Å². The highest BCUT2D eigenvalue weighted by molar-refractivity contribution is 6.14. The van der Waals surface area contributed by atoms with E-state index in [1.165, 1.54) is 12.4 Å². The number of benzene rings is 1. The molecule has 0 unspecified atom stereocenters. The van der Waals surface area contributed by atoms with E-state index in [0.717, 1.165) is 11.9 Å². The van der Waals surface area contributed by atoms with Gasteiger partial charge in [0, 0.05) is 31.4 Å². The van der Waals surface area contributed by atoms with Gasteiger partial charge < -0.3 is 0 Å². The van der Waals surface area contributed by atoms with Crippen LogP contribution in [0.1, 0.15) is 23.6 Å². The van der Waals surface area contributed by atoms with Crippen molar-refractivity contribution in [1.29, 1.82) is 0 Å². The minimum atomic E-state index is -6.29. The molecule has 0 fully saturated rings. The van der Waals surface area contributed by atoms with E-state index in [1.807, 2.05) is 0 Å². The maximum Gasteiger partial charge on any atom is 0.435 e. The Hall–Kier alpha value is -3.22. The third-order valence-electron chi connectivity index (χ3n) is 4.76. The van der Waals surface area contributed by atoms with Crippen molar-refractivity contribution < 1.29 is 40.3 Å². The first kappa shape index (κ1) is 23.4. The first-order valence-corrected chi connectivity index (χ1v) is 8.97. The Balaban J connectivity index is 2.02. The van der Waals surface area contributed by atoms with Crippen LogP contribution in [-0.4, -0.2) is 34.3 Å². The number of rotatable bonds is 4. The van der Waals surface area contributed by atoms with E-state index >= 15 is 0 Å². The van der Waals surface area contributed by atoms with Crippen molar-refractivity contribution in [2.45, 2.75) is 38.0 Å². The molecular formula is C19H15F7N4O2. The molecule has 2 heterocycles. The Labute approximate surface area is 176 Å². The Morgan fingerprint density at radius 2 is 1.78 bits per heavy atom. The molecule has 3 amide bonds. The largest absolute Gasteiger partial charge is 0.435 e. The Bertz CT molecular complexity index is 1010. The van der Waals surface area contributed by atoms with E-state index in [4.69, 9.17) is 0 Å². The lowest BCUT2D eigenvalue weighted by atomic mass is 9.91. The molecule has 0 radical (unpaired) electrons. The molecule has 1 aromatic carbocycles. The highest BCUT2D eigenvalue weighted by atomic mass is 19.4. The molecular weight excluding hydrogens is 453 g/mol. The summed E-state index contributed by atoms with van der Waals surface area (Å²) in [6.07, 6.45) is -9.62. The number of amides is 3. The summed E-state index contributed by atoms with van der Waals surface area (Å²) in [6.45, 7) is 0.488. The van der Waals surface area contributed by atoms with E-state index in [1.54, 1.807) is 12.1 Å². The molecule has 1 aliphatic heterocycles. The van der Waals surface area contributed by atoms with E-state index in [2.05, 4.69) is 10.4 Å². The number of fused-ring (bicyclic) bond motifs is 1. The number of hydrazine groups is 1. The minimum Gasteiger partial charge on any atom is -0.274 e. The van der Waals surface area contributed by atoms with Crippen LogP contribution in [0.15, 0.2) is 42.7 Å². The normalized spacial score (nSPS) is 15.1. The van der Waals surface area contributed by atoms with Crippen LogP contribution < -0.4 is 10.3 Å². The predicted molar refractivity (Wildman–Crippen MR) is 96.5 cm³/mol. The molecule has 6 nitrogen and oxygen atoms in total. The quantitative estimate of drug-likeness (QED) is 0.678. The van der Waals surface area contributed by atoms with E-state index < -0.39 is 42.1 Å². The molecule has 3 rings (SSSR count). The summed E-state index contributed by atoms with van der Waals surface area (Å²) in [7, 11) is 0. The number of halogens is 7. The van der Waals surface area contributed by atoms with Gasteiger partial charge in [-0.2, -0.15) is 26.3 Å². The summed E-state index contributed by atoms with van der Waals surface area (Å²) in [4.78, 5) is 29.1. The van der Waals surface area contributed by atoms with Crippen LogP contribution in [0.4, 0.5) is 41.2 Å². The van der Waals surface area contributed by atoms with Crippen LogP contribution in [0.25, 0.3) is 0 Å². The van der Waals surface area contributed by atoms with Crippen molar-refractivity contribution in [3.05, 3.63) is 59.4 Å². The van der Waals surface area contributed by atoms with E-state index in [9.17, 15) is 40.3 Å². The van der Waals surface area contributed by atoms with Crippen LogP contribution in [-0.2, 0) is 23.6 Å². The van der Waals surface area contributed by atoms with Crippen LogP contribution in [0.2, 0.25) is 0 Å². The number of nitrogens with zero attached hydrogens (tertiary/aromatic N) is 3. The Morgan fingerprint density at radius 3 is 2.31 bits per heavy atom. The van der Waals surface area contributed by atoms with Crippen molar-refractivity contribution in [2.24, 2.45) is 0 Å². The van der Waals surface area contributed by atoms with Crippen LogP contribution in [0.5, 0.6) is 0 Å². The predicted octanol–water partition coefficient (Wildman–Crippen LogP) is 4.36.